The predicted octanol–water partition coefficient (Wildman–Crippen LogP) is 10.7. The minimum atomic E-state index is -4.03. The molecule has 660 valence electrons. The minimum absolute atomic E-state index is 0.0504. The first-order valence-corrected chi connectivity index (χ1v) is 44.6. The number of nitrogens with zero attached hydrogens (tertiary/aromatic N) is 6. The van der Waals surface area contributed by atoms with E-state index in [9.17, 15) is 82.3 Å². The van der Waals surface area contributed by atoms with Gasteiger partial charge in [0.25, 0.3) is 23.0 Å². The monoisotopic (exact) mass is 1720 g/mol. The maximum atomic E-state index is 15.0. The minimum Gasteiger partial charge on any atom is -0.471 e. The number of allylic oxidation sites excluding steroid dienone is 4. The third-order valence-electron chi connectivity index (χ3n) is 26.5. The number of esters is 2. The summed E-state index contributed by atoms with van der Waals surface area (Å²) in [6, 6.07) is 11.1. The lowest BCUT2D eigenvalue weighted by atomic mass is 9.82. The number of benzene rings is 2. The highest BCUT2D eigenvalue weighted by Crippen LogP contribution is 2.59. The molecule has 120 heavy (non-hydrogen) atoms. The van der Waals surface area contributed by atoms with E-state index in [0.29, 0.717) is 99.6 Å². The van der Waals surface area contributed by atoms with Gasteiger partial charge in [0.05, 0.1) is 118 Å². The largest absolute Gasteiger partial charge is 0.471 e. The van der Waals surface area contributed by atoms with E-state index in [4.69, 9.17) is 28.4 Å². The lowest BCUT2D eigenvalue weighted by Crippen LogP contribution is -2.49. The molecule has 6 fully saturated rings. The maximum absolute atomic E-state index is 15.0. The molecule has 0 bridgehead atoms. The van der Waals surface area contributed by atoms with Crippen LogP contribution in [0.25, 0.3) is 21.5 Å². The zero-order valence-corrected chi connectivity index (χ0v) is 72.6. The summed E-state index contributed by atoms with van der Waals surface area (Å²) < 4.78 is 150. The summed E-state index contributed by atoms with van der Waals surface area (Å²) in [7, 11) is -5.09. The van der Waals surface area contributed by atoms with Gasteiger partial charge in [0.15, 0.2) is 22.8 Å². The van der Waals surface area contributed by atoms with E-state index in [1.54, 1.807) is 62.4 Å². The zero-order chi connectivity index (χ0) is 88.0. The van der Waals surface area contributed by atoms with E-state index < -0.39 is 183 Å². The zero-order valence-electron chi connectivity index (χ0n) is 71.0. The van der Waals surface area contributed by atoms with Gasteiger partial charge in [-0.1, -0.05) is 76.3 Å². The summed E-state index contributed by atoms with van der Waals surface area (Å²) in [5, 5.41) is 10.5. The van der Waals surface area contributed by atoms with Crippen LogP contribution in [0.15, 0.2) is 82.4 Å². The number of nitrogens with one attached hydrogen (secondary N) is 2. The lowest BCUT2D eigenvalue weighted by Gasteiger charge is -2.34. The topological polar surface area (TPSA) is 361 Å². The first-order valence-electron chi connectivity index (χ1n) is 41.7. The second-order valence-corrected chi connectivity index (χ2v) is 41.1. The van der Waals surface area contributed by atoms with Gasteiger partial charge < -0.3 is 38.2 Å². The van der Waals surface area contributed by atoms with Gasteiger partial charge in [-0.3, -0.25) is 57.4 Å². The molecule has 34 heteroatoms. The average molecular weight is 1720 g/mol. The maximum Gasteiger partial charge on any atom is 0.307 e. The molecule has 0 radical (unpaired) electrons. The smallest absolute Gasteiger partial charge is 0.307 e. The number of ketones is 2. The highest BCUT2D eigenvalue weighted by Gasteiger charge is 2.65. The van der Waals surface area contributed by atoms with Gasteiger partial charge in [-0.05, 0) is 178 Å². The number of hydrogen-bond donors (Lipinski definition) is 2. The van der Waals surface area contributed by atoms with Gasteiger partial charge >= 0.3 is 11.9 Å². The second kappa shape index (κ2) is 35.4. The van der Waals surface area contributed by atoms with Crippen LogP contribution in [-0.4, -0.2) is 191 Å². The Bertz CT molecular complexity index is 4710. The molecule has 4 amide bonds. The molecule has 2 aromatic heterocycles. The van der Waals surface area contributed by atoms with Crippen molar-refractivity contribution in [1.82, 2.24) is 38.8 Å². The Hall–Kier alpha value is -8.50. The van der Waals surface area contributed by atoms with Gasteiger partial charge in [-0.15, -0.1) is 10.2 Å². The van der Waals surface area contributed by atoms with E-state index >= 15 is 0 Å². The number of sulfonamides is 2. The normalized spacial score (nSPS) is 29.1. The first-order chi connectivity index (χ1) is 56.0. The van der Waals surface area contributed by atoms with E-state index in [1.807, 2.05) is 52.0 Å². The number of halogens is 4. The molecule has 4 aliphatic heterocycles. The molecule has 0 spiro atoms. The molecule has 8 aliphatic rings. The SMILES string of the molecule is COCCn1nc(O[C@@H]2C[C@H]3C(=O)C[C@]4(C(=O)NS(=O)(=O)C5(C)CC5)C[C@H]4/C=C\CC[C@@H](C)C[C@@H](C)[C@H](CC(=O)OC(C)(C)C(C)(F)F)C(=O)N3C2)c2ccccc2c1=O.COCCn1nc(O[C@@H]2C[C@H]3C(=O)C[C@]4(C(=O)NS(=O)(=O)C5(C)CC5)C[C@H]4/C=C\CC[C@H](C)C[C@@H](C)[C@H](CC(=O)OC(C)(C)C(C)(F)F)C(=O)N3C2)c2ccccc2c1=O. The fourth-order valence-corrected chi connectivity index (χ4v) is 19.6. The Morgan fingerprint density at radius 1 is 0.525 bits per heavy atom. The summed E-state index contributed by atoms with van der Waals surface area (Å²) in [5.74, 6) is -16.1. The first kappa shape index (κ1) is 92.2. The van der Waals surface area contributed by atoms with Crippen molar-refractivity contribution in [1.29, 1.82) is 0 Å². The molecule has 2 saturated heterocycles. The highest BCUT2D eigenvalue weighted by molar-refractivity contribution is 7.92. The van der Waals surface area contributed by atoms with Gasteiger partial charge in [-0.25, -0.2) is 43.8 Å². The second-order valence-electron chi connectivity index (χ2n) is 36.7. The standard InChI is InChI=1S/2C43H58F2N4O10S/c2*1-26-12-8-9-13-28-23-43(28,39(54)47-60(55,56)41(5)16-17-41)24-34(50)33-21-29(58-36-30-14-10-11-15-31(30)38(53)49(46-36)18-19-57-7)25-48(33)37(52)32(27(2)20-26)22-35(51)59-40(3,4)42(6,44)45/h2*9-11,13-15,26-29,32-33H,8,12,16-25H2,1-7H3,(H,47,54)/b2*13-9-/t26-,27+,28+,29+,32-,33-,43+;26-,27-,28-,29-,32+,33+,43-/m01/s1. The number of amides is 4. The highest BCUT2D eigenvalue weighted by atomic mass is 32.2. The number of carbonyl (C=O) groups excluding carboxylic acids is 8. The predicted molar refractivity (Wildman–Crippen MR) is 435 cm³/mol. The number of Topliss-reactive ketones (excluding diaryl/α,β-unsaturated/α-hetero) is 2. The van der Waals surface area contributed by atoms with Crippen molar-refractivity contribution >= 4 is 88.7 Å². The van der Waals surface area contributed by atoms with Crippen molar-refractivity contribution in [3.63, 3.8) is 0 Å². The molecule has 0 unspecified atom stereocenters. The van der Waals surface area contributed by atoms with Crippen molar-refractivity contribution in [3.8, 4) is 11.8 Å². The summed E-state index contributed by atoms with van der Waals surface area (Å²) in [6.45, 7) is 16.8. The number of fused-ring (bicyclic) bond motifs is 6. The number of alkyl halides is 4. The molecule has 2 aromatic carbocycles. The molecular formula is C86H116F4N8O20S2. The Balaban J connectivity index is 0.000000235. The van der Waals surface area contributed by atoms with Gasteiger partial charge in [0.2, 0.25) is 55.4 Å². The Morgan fingerprint density at radius 2 is 0.867 bits per heavy atom. The van der Waals surface area contributed by atoms with Gasteiger partial charge in [0, 0.05) is 53.8 Å². The lowest BCUT2D eigenvalue weighted by molar-refractivity contribution is -0.197. The van der Waals surface area contributed by atoms with Crippen LogP contribution in [0.5, 0.6) is 11.8 Å². The third-order valence-corrected chi connectivity index (χ3v) is 30.8. The van der Waals surface area contributed by atoms with Crippen molar-refractivity contribution < 1.29 is 101 Å². The summed E-state index contributed by atoms with van der Waals surface area (Å²) in [4.78, 5) is 144. The van der Waals surface area contributed by atoms with Crippen molar-refractivity contribution in [2.45, 2.75) is 269 Å². The molecule has 12 rings (SSSR count). The quantitative estimate of drug-likeness (QED) is 0.0374. The average Bonchev–Trinajstić information content (AvgIpc) is 1.56. The van der Waals surface area contributed by atoms with E-state index in [0.717, 1.165) is 27.7 Å². The van der Waals surface area contributed by atoms with Crippen LogP contribution < -0.4 is 30.0 Å². The fourth-order valence-electron chi connectivity index (χ4n) is 16.9. The van der Waals surface area contributed by atoms with Crippen LogP contribution >= 0.6 is 0 Å². The Morgan fingerprint density at radius 3 is 1.19 bits per heavy atom. The number of hydrogen-bond acceptors (Lipinski definition) is 22. The molecule has 6 heterocycles. The molecule has 4 aromatic rings. The van der Waals surface area contributed by atoms with Crippen LogP contribution in [-0.2, 0) is 90.4 Å². The van der Waals surface area contributed by atoms with Crippen molar-refractivity contribution in [2.24, 2.45) is 58.2 Å². The summed E-state index contributed by atoms with van der Waals surface area (Å²) in [6.07, 6.45) is 9.64. The number of aromatic nitrogens is 4. The number of rotatable bonds is 24. The van der Waals surface area contributed by atoms with Crippen LogP contribution in [0.4, 0.5) is 17.6 Å². The van der Waals surface area contributed by atoms with Crippen LogP contribution in [0.1, 0.15) is 199 Å². The van der Waals surface area contributed by atoms with E-state index in [2.05, 4.69) is 19.6 Å². The number of methoxy groups -OCH3 is 2. The summed E-state index contributed by atoms with van der Waals surface area (Å²) in [5.41, 5.74) is -7.83. The summed E-state index contributed by atoms with van der Waals surface area (Å²) >= 11 is 0. The van der Waals surface area contributed by atoms with Crippen molar-refractivity contribution in [2.75, 3.05) is 40.5 Å². The van der Waals surface area contributed by atoms with Gasteiger partial charge in [0.1, 0.15) is 12.2 Å². The molecule has 28 nitrogen and oxygen atoms in total. The van der Waals surface area contributed by atoms with Gasteiger partial charge in [-0.2, -0.15) is 0 Å². The van der Waals surface area contributed by atoms with Crippen LogP contribution in [0, 0.1) is 58.2 Å². The fraction of sp³-hybridized carbons (Fsp3) is 0.674. The molecule has 4 aliphatic carbocycles. The molecule has 4 saturated carbocycles. The Labute approximate surface area is 697 Å². The number of carbonyl (C=O) groups is 8. The molecular weight excluding hydrogens is 1610 g/mol. The molecule has 14 atom stereocenters. The Kier molecular flexibility index (Phi) is 27.2. The van der Waals surface area contributed by atoms with Crippen LogP contribution in [0.3, 0.4) is 0 Å². The van der Waals surface area contributed by atoms with Crippen molar-refractivity contribution in [3.05, 3.63) is 93.5 Å². The molecule has 2 N–H and O–H groups in total. The number of ether oxygens (including phenoxy) is 6. The van der Waals surface area contributed by atoms with Crippen LogP contribution in [0.2, 0.25) is 0 Å². The third kappa shape index (κ3) is 20.1. The van der Waals surface area contributed by atoms with E-state index in [-0.39, 0.29) is 113 Å². The van der Waals surface area contributed by atoms with E-state index in [1.165, 1.54) is 33.4 Å².